The van der Waals surface area contributed by atoms with E-state index in [0.717, 1.165) is 22.3 Å². The summed E-state index contributed by atoms with van der Waals surface area (Å²) in [6.45, 7) is 11.7. The standard InChI is InChI=1S/C26H35N3O4S/c1-16(2)25(30)27-22-8-7-18(4)23(15-22)28-26(31)21-9-11-29(12-10-21)34(32,33)24-19(5)13-17(3)14-20(24)6/h7-8,13-16,21H,9-12H2,1-6H3,(H,27,30)(H,28,31). The SMILES string of the molecule is Cc1cc(C)c(S(=O)(=O)N2CCC(C(=O)Nc3cc(NC(=O)C(C)C)ccc3C)CC2)c(C)c1. The second-order valence-corrected chi connectivity index (χ2v) is 11.4. The number of amides is 2. The number of nitrogens with zero attached hydrogens (tertiary/aromatic N) is 1. The van der Waals surface area contributed by atoms with Crippen molar-refractivity contribution in [1.82, 2.24) is 4.31 Å². The van der Waals surface area contributed by atoms with E-state index >= 15 is 0 Å². The second kappa shape index (κ2) is 10.3. The van der Waals surface area contributed by atoms with Crippen LogP contribution in [0.1, 0.15) is 48.9 Å². The summed E-state index contributed by atoms with van der Waals surface area (Å²) in [6.07, 6.45) is 0.912. The molecular weight excluding hydrogens is 450 g/mol. The summed E-state index contributed by atoms with van der Waals surface area (Å²) in [4.78, 5) is 25.3. The van der Waals surface area contributed by atoms with Gasteiger partial charge in [-0.3, -0.25) is 9.59 Å². The number of aryl methyl sites for hydroxylation is 4. The molecule has 0 aromatic heterocycles. The highest BCUT2D eigenvalue weighted by Gasteiger charge is 2.33. The van der Waals surface area contributed by atoms with Crippen LogP contribution in [0.2, 0.25) is 0 Å². The molecule has 7 nitrogen and oxygen atoms in total. The molecule has 1 aliphatic rings. The fourth-order valence-corrected chi connectivity index (χ4v) is 6.30. The third-order valence-electron chi connectivity index (χ3n) is 6.31. The Morgan fingerprint density at radius 2 is 1.50 bits per heavy atom. The van der Waals surface area contributed by atoms with Gasteiger partial charge in [-0.2, -0.15) is 4.31 Å². The van der Waals surface area contributed by atoms with Gasteiger partial charge in [-0.1, -0.05) is 37.6 Å². The predicted octanol–water partition coefficient (Wildman–Crippen LogP) is 4.55. The number of carbonyl (C=O) groups is 2. The first-order valence-electron chi connectivity index (χ1n) is 11.7. The van der Waals surface area contributed by atoms with Gasteiger partial charge in [0, 0.05) is 36.3 Å². The van der Waals surface area contributed by atoms with Crippen LogP contribution in [0.4, 0.5) is 11.4 Å². The van der Waals surface area contributed by atoms with Crippen LogP contribution in [-0.4, -0.2) is 37.6 Å². The van der Waals surface area contributed by atoms with Gasteiger partial charge >= 0.3 is 0 Å². The summed E-state index contributed by atoms with van der Waals surface area (Å²) in [7, 11) is -3.62. The van der Waals surface area contributed by atoms with E-state index in [9.17, 15) is 18.0 Å². The fraction of sp³-hybridized carbons (Fsp3) is 0.462. The molecule has 2 N–H and O–H groups in total. The maximum atomic E-state index is 13.3. The van der Waals surface area contributed by atoms with Gasteiger partial charge in [0.2, 0.25) is 21.8 Å². The van der Waals surface area contributed by atoms with E-state index in [1.54, 1.807) is 6.07 Å². The Bertz CT molecular complexity index is 1170. The van der Waals surface area contributed by atoms with Gasteiger partial charge in [-0.05, 0) is 69.4 Å². The van der Waals surface area contributed by atoms with E-state index in [2.05, 4.69) is 10.6 Å². The molecule has 1 saturated heterocycles. The maximum Gasteiger partial charge on any atom is 0.243 e. The van der Waals surface area contributed by atoms with Crippen LogP contribution in [-0.2, 0) is 19.6 Å². The molecule has 0 bridgehead atoms. The first kappa shape index (κ1) is 25.9. The van der Waals surface area contributed by atoms with Crippen LogP contribution >= 0.6 is 0 Å². The lowest BCUT2D eigenvalue weighted by Gasteiger charge is -2.31. The molecule has 1 fully saturated rings. The average molecular weight is 486 g/mol. The largest absolute Gasteiger partial charge is 0.326 e. The van der Waals surface area contributed by atoms with Crippen molar-refractivity contribution in [2.24, 2.45) is 11.8 Å². The lowest BCUT2D eigenvalue weighted by Crippen LogP contribution is -2.41. The van der Waals surface area contributed by atoms with E-state index < -0.39 is 10.0 Å². The van der Waals surface area contributed by atoms with Gasteiger partial charge in [0.15, 0.2) is 0 Å². The fourth-order valence-electron chi connectivity index (χ4n) is 4.42. The number of hydrogen-bond donors (Lipinski definition) is 2. The Labute approximate surface area is 203 Å². The zero-order valence-corrected chi connectivity index (χ0v) is 21.7. The van der Waals surface area contributed by atoms with Gasteiger partial charge in [0.25, 0.3) is 0 Å². The Morgan fingerprint density at radius 3 is 2.06 bits per heavy atom. The van der Waals surface area contributed by atoms with Gasteiger partial charge in [0.05, 0.1) is 4.90 Å². The molecule has 2 aromatic carbocycles. The zero-order valence-electron chi connectivity index (χ0n) is 20.9. The number of carbonyl (C=O) groups excluding carboxylic acids is 2. The van der Waals surface area contributed by atoms with E-state index in [1.165, 1.54) is 4.31 Å². The van der Waals surface area contributed by atoms with Crippen molar-refractivity contribution in [2.75, 3.05) is 23.7 Å². The van der Waals surface area contributed by atoms with Crippen LogP contribution in [0.15, 0.2) is 35.2 Å². The Morgan fingerprint density at radius 1 is 0.912 bits per heavy atom. The van der Waals surface area contributed by atoms with E-state index in [4.69, 9.17) is 0 Å². The zero-order chi connectivity index (χ0) is 25.2. The highest BCUT2D eigenvalue weighted by atomic mass is 32.2. The molecule has 0 radical (unpaired) electrons. The Hall–Kier alpha value is -2.71. The molecule has 0 atom stereocenters. The van der Waals surface area contributed by atoms with Crippen molar-refractivity contribution >= 4 is 33.2 Å². The summed E-state index contributed by atoms with van der Waals surface area (Å²) in [5.74, 6) is -0.641. The van der Waals surface area contributed by atoms with E-state index in [-0.39, 0.29) is 23.7 Å². The number of anilines is 2. The molecule has 0 unspecified atom stereocenters. The van der Waals surface area contributed by atoms with Crippen molar-refractivity contribution in [3.8, 4) is 0 Å². The van der Waals surface area contributed by atoms with Gasteiger partial charge in [-0.25, -0.2) is 8.42 Å². The molecule has 0 saturated carbocycles. The number of nitrogens with one attached hydrogen (secondary N) is 2. The van der Waals surface area contributed by atoms with Gasteiger partial charge in [-0.15, -0.1) is 0 Å². The molecule has 34 heavy (non-hydrogen) atoms. The van der Waals surface area contributed by atoms with Crippen molar-refractivity contribution in [1.29, 1.82) is 0 Å². The summed E-state index contributed by atoms with van der Waals surface area (Å²) < 4.78 is 28.1. The molecule has 2 amide bonds. The van der Waals surface area contributed by atoms with Crippen LogP contribution in [0, 0.1) is 39.5 Å². The molecule has 2 aromatic rings. The summed E-state index contributed by atoms with van der Waals surface area (Å²) in [6, 6.07) is 9.20. The Balaban J connectivity index is 1.67. The number of benzene rings is 2. The van der Waals surface area contributed by atoms with Crippen LogP contribution in [0.5, 0.6) is 0 Å². The second-order valence-electron chi connectivity index (χ2n) is 9.57. The topological polar surface area (TPSA) is 95.6 Å². The summed E-state index contributed by atoms with van der Waals surface area (Å²) in [5.41, 5.74) is 4.69. The third-order valence-corrected chi connectivity index (χ3v) is 8.52. The maximum absolute atomic E-state index is 13.3. The van der Waals surface area contributed by atoms with Crippen LogP contribution in [0.25, 0.3) is 0 Å². The average Bonchev–Trinajstić information content (AvgIpc) is 2.75. The molecule has 3 rings (SSSR count). The smallest absolute Gasteiger partial charge is 0.243 e. The molecule has 1 heterocycles. The third kappa shape index (κ3) is 5.67. The molecule has 0 aliphatic carbocycles. The van der Waals surface area contributed by atoms with Gasteiger partial charge in [0.1, 0.15) is 0 Å². The monoisotopic (exact) mass is 485 g/mol. The lowest BCUT2D eigenvalue weighted by atomic mass is 9.97. The number of hydrogen-bond acceptors (Lipinski definition) is 4. The highest BCUT2D eigenvalue weighted by Crippen LogP contribution is 2.30. The minimum atomic E-state index is -3.62. The number of sulfonamides is 1. The first-order chi connectivity index (χ1) is 15.9. The minimum Gasteiger partial charge on any atom is -0.326 e. The highest BCUT2D eigenvalue weighted by molar-refractivity contribution is 7.89. The van der Waals surface area contributed by atoms with Gasteiger partial charge < -0.3 is 10.6 Å². The van der Waals surface area contributed by atoms with Crippen molar-refractivity contribution in [2.45, 2.75) is 59.3 Å². The van der Waals surface area contributed by atoms with Crippen molar-refractivity contribution in [3.63, 3.8) is 0 Å². The molecule has 8 heteroatoms. The van der Waals surface area contributed by atoms with Crippen LogP contribution in [0.3, 0.4) is 0 Å². The summed E-state index contributed by atoms with van der Waals surface area (Å²) >= 11 is 0. The number of piperidine rings is 1. The van der Waals surface area contributed by atoms with E-state index in [1.807, 2.05) is 65.8 Å². The van der Waals surface area contributed by atoms with Crippen LogP contribution < -0.4 is 10.6 Å². The summed E-state index contributed by atoms with van der Waals surface area (Å²) in [5, 5.41) is 5.82. The Kier molecular flexibility index (Phi) is 7.83. The molecular formula is C26H35N3O4S. The quantitative estimate of drug-likeness (QED) is 0.627. The number of rotatable bonds is 6. The van der Waals surface area contributed by atoms with E-state index in [0.29, 0.717) is 42.2 Å². The minimum absolute atomic E-state index is 0.0891. The lowest BCUT2D eigenvalue weighted by molar-refractivity contribution is -0.121. The normalized spacial score (nSPS) is 15.4. The molecule has 0 spiro atoms. The molecule has 1 aliphatic heterocycles. The molecule has 184 valence electrons. The van der Waals surface area contributed by atoms with Crippen molar-refractivity contribution in [3.05, 3.63) is 52.6 Å². The van der Waals surface area contributed by atoms with Crippen molar-refractivity contribution < 1.29 is 18.0 Å². The first-order valence-corrected chi connectivity index (χ1v) is 13.1. The predicted molar refractivity (Wildman–Crippen MR) is 135 cm³/mol.